The number of amides is 1. The van der Waals surface area contributed by atoms with Crippen molar-refractivity contribution < 1.29 is 17.6 Å². The van der Waals surface area contributed by atoms with Crippen molar-refractivity contribution >= 4 is 15.9 Å². The normalized spacial score (nSPS) is 20.7. The third-order valence-electron chi connectivity index (χ3n) is 4.13. The molecule has 8 heteroatoms. The van der Waals surface area contributed by atoms with Crippen molar-refractivity contribution in [1.82, 2.24) is 14.5 Å². The summed E-state index contributed by atoms with van der Waals surface area (Å²) in [6.45, 7) is 2.74. The Kier molecular flexibility index (Phi) is 4.16. The van der Waals surface area contributed by atoms with Crippen molar-refractivity contribution in [1.29, 1.82) is 0 Å². The molecule has 0 bridgehead atoms. The van der Waals surface area contributed by atoms with Gasteiger partial charge in [0, 0.05) is 39.3 Å². The van der Waals surface area contributed by atoms with Crippen molar-refractivity contribution in [3.8, 4) is 0 Å². The number of piperazine rings is 1. The predicted molar refractivity (Wildman–Crippen MR) is 78.1 cm³/mol. The van der Waals surface area contributed by atoms with E-state index >= 15 is 0 Å². The second-order valence-corrected chi connectivity index (χ2v) is 7.48. The molecule has 1 N–H and O–H groups in total. The van der Waals surface area contributed by atoms with Crippen molar-refractivity contribution in [2.75, 3.05) is 39.3 Å². The first-order valence-electron chi connectivity index (χ1n) is 7.24. The lowest BCUT2D eigenvalue weighted by molar-refractivity contribution is -0.138. The topological polar surface area (TPSA) is 69.7 Å². The van der Waals surface area contributed by atoms with E-state index in [-0.39, 0.29) is 29.8 Å². The molecule has 6 nitrogen and oxygen atoms in total. The maximum Gasteiger partial charge on any atom is 0.243 e. The molecule has 0 aliphatic carbocycles. The summed E-state index contributed by atoms with van der Waals surface area (Å²) in [7, 11) is -3.62. The van der Waals surface area contributed by atoms with E-state index in [1.165, 1.54) is 16.4 Å². The van der Waals surface area contributed by atoms with Crippen LogP contribution in [0, 0.1) is 11.7 Å². The Morgan fingerprint density at radius 2 is 1.68 bits per heavy atom. The zero-order valence-corrected chi connectivity index (χ0v) is 12.9. The third kappa shape index (κ3) is 2.86. The van der Waals surface area contributed by atoms with Crippen LogP contribution >= 0.6 is 0 Å². The van der Waals surface area contributed by atoms with Gasteiger partial charge in [-0.15, -0.1) is 0 Å². The summed E-state index contributed by atoms with van der Waals surface area (Å²) in [6.07, 6.45) is 0. The highest BCUT2D eigenvalue weighted by Gasteiger charge is 2.34. The van der Waals surface area contributed by atoms with Crippen LogP contribution in [0.1, 0.15) is 0 Å². The van der Waals surface area contributed by atoms with E-state index in [1.807, 2.05) is 0 Å². The van der Waals surface area contributed by atoms with Gasteiger partial charge in [-0.25, -0.2) is 12.8 Å². The van der Waals surface area contributed by atoms with Crippen molar-refractivity contribution in [3.63, 3.8) is 0 Å². The van der Waals surface area contributed by atoms with Gasteiger partial charge in [-0.2, -0.15) is 4.31 Å². The predicted octanol–water partition coefficient (Wildman–Crippen LogP) is -0.122. The minimum Gasteiger partial charge on any atom is -0.340 e. The number of nitrogens with zero attached hydrogens (tertiary/aromatic N) is 2. The molecule has 120 valence electrons. The second-order valence-electron chi connectivity index (χ2n) is 5.54. The average Bonchev–Trinajstić information content (AvgIpc) is 2.46. The molecule has 0 aromatic heterocycles. The molecule has 0 unspecified atom stereocenters. The number of carbonyl (C=O) groups is 1. The molecule has 2 saturated heterocycles. The molecule has 2 heterocycles. The number of carbonyl (C=O) groups excluding carboxylic acids is 1. The molecule has 3 rings (SSSR count). The Bertz CT molecular complexity index is 650. The Morgan fingerprint density at radius 3 is 2.18 bits per heavy atom. The van der Waals surface area contributed by atoms with Gasteiger partial charge in [-0.05, 0) is 24.3 Å². The van der Waals surface area contributed by atoms with Gasteiger partial charge in [0.2, 0.25) is 15.9 Å². The summed E-state index contributed by atoms with van der Waals surface area (Å²) in [5.41, 5.74) is 0. The van der Waals surface area contributed by atoms with E-state index < -0.39 is 15.8 Å². The fourth-order valence-electron chi connectivity index (χ4n) is 2.63. The molecule has 2 fully saturated rings. The molecule has 2 aliphatic rings. The van der Waals surface area contributed by atoms with Crippen LogP contribution in [0.15, 0.2) is 29.2 Å². The highest BCUT2D eigenvalue weighted by atomic mass is 32.2. The monoisotopic (exact) mass is 327 g/mol. The molecule has 0 spiro atoms. The summed E-state index contributed by atoms with van der Waals surface area (Å²) in [5, 5.41) is 3.06. The highest BCUT2D eigenvalue weighted by molar-refractivity contribution is 7.89. The van der Waals surface area contributed by atoms with Crippen LogP contribution in [0.25, 0.3) is 0 Å². The molecule has 1 aromatic rings. The smallest absolute Gasteiger partial charge is 0.243 e. The van der Waals surface area contributed by atoms with E-state index in [0.29, 0.717) is 26.2 Å². The third-order valence-corrected chi connectivity index (χ3v) is 6.05. The van der Waals surface area contributed by atoms with Crippen LogP contribution < -0.4 is 5.32 Å². The van der Waals surface area contributed by atoms with E-state index in [1.54, 1.807) is 4.90 Å². The minimum absolute atomic E-state index is 0.0280. The molecular formula is C14H18FN3O3S. The maximum atomic E-state index is 12.9. The first kappa shape index (κ1) is 15.4. The largest absolute Gasteiger partial charge is 0.340 e. The zero-order chi connectivity index (χ0) is 15.7. The number of nitrogens with one attached hydrogen (secondary N) is 1. The summed E-state index contributed by atoms with van der Waals surface area (Å²) >= 11 is 0. The van der Waals surface area contributed by atoms with Gasteiger partial charge in [-0.3, -0.25) is 4.79 Å². The maximum absolute atomic E-state index is 12.9. The highest BCUT2D eigenvalue weighted by Crippen LogP contribution is 2.19. The van der Waals surface area contributed by atoms with E-state index in [4.69, 9.17) is 0 Å². The molecular weight excluding hydrogens is 309 g/mol. The van der Waals surface area contributed by atoms with Gasteiger partial charge < -0.3 is 10.2 Å². The Morgan fingerprint density at radius 1 is 1.09 bits per heavy atom. The second kappa shape index (κ2) is 5.94. The number of hydrogen-bond acceptors (Lipinski definition) is 4. The Labute approximate surface area is 128 Å². The van der Waals surface area contributed by atoms with E-state index in [9.17, 15) is 17.6 Å². The van der Waals surface area contributed by atoms with E-state index in [2.05, 4.69) is 5.32 Å². The van der Waals surface area contributed by atoms with Crippen molar-refractivity contribution in [2.45, 2.75) is 4.90 Å². The van der Waals surface area contributed by atoms with Gasteiger partial charge in [0.25, 0.3) is 0 Å². The summed E-state index contributed by atoms with van der Waals surface area (Å²) in [4.78, 5) is 13.9. The van der Waals surface area contributed by atoms with Crippen LogP contribution in [0.5, 0.6) is 0 Å². The molecule has 1 amide bonds. The molecule has 0 atom stereocenters. The van der Waals surface area contributed by atoms with Crippen LogP contribution in [0.3, 0.4) is 0 Å². The summed E-state index contributed by atoms with van der Waals surface area (Å²) < 4.78 is 39.2. The molecule has 22 heavy (non-hydrogen) atoms. The van der Waals surface area contributed by atoms with Crippen LogP contribution in [0.4, 0.5) is 4.39 Å². The number of sulfonamides is 1. The van der Waals surface area contributed by atoms with Gasteiger partial charge in [0.15, 0.2) is 0 Å². The fraction of sp³-hybridized carbons (Fsp3) is 0.500. The number of halogens is 1. The van der Waals surface area contributed by atoms with Crippen molar-refractivity contribution in [2.24, 2.45) is 5.92 Å². The van der Waals surface area contributed by atoms with Crippen LogP contribution in [-0.2, 0) is 14.8 Å². The zero-order valence-electron chi connectivity index (χ0n) is 12.0. The Hall–Kier alpha value is -1.51. The first-order valence-corrected chi connectivity index (χ1v) is 8.68. The minimum atomic E-state index is -3.62. The van der Waals surface area contributed by atoms with Crippen molar-refractivity contribution in [3.05, 3.63) is 30.1 Å². The van der Waals surface area contributed by atoms with Gasteiger partial charge in [0.1, 0.15) is 5.82 Å². The van der Waals surface area contributed by atoms with E-state index in [0.717, 1.165) is 12.1 Å². The fourth-order valence-corrected chi connectivity index (χ4v) is 4.05. The molecule has 1 aromatic carbocycles. The van der Waals surface area contributed by atoms with Crippen LogP contribution in [0.2, 0.25) is 0 Å². The number of benzene rings is 1. The standard InChI is InChI=1S/C14H18FN3O3S/c15-12-1-3-13(4-2-12)22(20,21)18-7-5-17(6-8-18)14(19)11-9-16-10-11/h1-4,11,16H,5-10H2. The lowest BCUT2D eigenvalue weighted by atomic mass is 10.0. The first-order chi connectivity index (χ1) is 10.5. The Balaban J connectivity index is 1.65. The lowest BCUT2D eigenvalue weighted by Gasteiger charge is -2.37. The summed E-state index contributed by atoms with van der Waals surface area (Å²) in [6, 6.07) is 4.80. The summed E-state index contributed by atoms with van der Waals surface area (Å²) in [5.74, 6) is -0.346. The van der Waals surface area contributed by atoms with Crippen LogP contribution in [-0.4, -0.2) is 62.8 Å². The molecule has 0 radical (unpaired) electrons. The average molecular weight is 327 g/mol. The number of rotatable bonds is 3. The van der Waals surface area contributed by atoms with Gasteiger partial charge >= 0.3 is 0 Å². The lowest BCUT2D eigenvalue weighted by Crippen LogP contribution is -2.57. The molecule has 2 aliphatic heterocycles. The quantitative estimate of drug-likeness (QED) is 0.840. The van der Waals surface area contributed by atoms with Gasteiger partial charge in [0.05, 0.1) is 10.8 Å². The molecule has 0 saturated carbocycles. The van der Waals surface area contributed by atoms with Gasteiger partial charge in [-0.1, -0.05) is 0 Å². The SMILES string of the molecule is O=C(C1CNC1)N1CCN(S(=O)(=O)c2ccc(F)cc2)CC1. The number of hydrogen-bond donors (Lipinski definition) is 1.